The number of Topliss-reactive ketones (excluding diaryl/α,β-unsaturated/α-hetero) is 1. The van der Waals surface area contributed by atoms with E-state index < -0.39 is 16.4 Å². The van der Waals surface area contributed by atoms with Crippen LogP contribution < -0.4 is 0 Å². The van der Waals surface area contributed by atoms with Crippen molar-refractivity contribution in [3.8, 4) is 6.07 Å². The number of hydrogen-bond donors (Lipinski definition) is 0. The molecule has 0 aliphatic carbocycles. The molecule has 0 radical (unpaired) electrons. The zero-order chi connectivity index (χ0) is 13.0. The van der Waals surface area contributed by atoms with E-state index >= 15 is 0 Å². The fourth-order valence-electron chi connectivity index (χ4n) is 1.25. The number of nitrogens with zero attached hydrogens (tertiary/aromatic N) is 2. The molecule has 0 bridgehead atoms. The molecular formula is C10H5BrN2O4. The smallest absolute Gasteiger partial charge is 0.281 e. The number of nitriles is 1. The maximum absolute atomic E-state index is 11.5. The van der Waals surface area contributed by atoms with Crippen LogP contribution in [0.2, 0.25) is 0 Å². The number of hydrogen-bond acceptors (Lipinski definition) is 5. The number of ketones is 1. The van der Waals surface area contributed by atoms with Crippen molar-refractivity contribution in [2.45, 2.75) is 0 Å². The lowest BCUT2D eigenvalue weighted by molar-refractivity contribution is -0.385. The van der Waals surface area contributed by atoms with Gasteiger partial charge in [0.1, 0.15) is 0 Å². The summed E-state index contributed by atoms with van der Waals surface area (Å²) in [6.07, 6.45) is 0.341. The summed E-state index contributed by atoms with van der Waals surface area (Å²) >= 11 is 2.89. The molecule has 0 saturated carbocycles. The van der Waals surface area contributed by atoms with Crippen molar-refractivity contribution in [2.24, 2.45) is 0 Å². The third-order valence-corrected chi connectivity index (χ3v) is 2.54. The molecular weight excluding hydrogens is 292 g/mol. The van der Waals surface area contributed by atoms with Gasteiger partial charge in [0.2, 0.25) is 0 Å². The topological polar surface area (TPSA) is 101 Å². The molecule has 86 valence electrons. The maximum Gasteiger partial charge on any atom is 0.281 e. The summed E-state index contributed by atoms with van der Waals surface area (Å²) in [5.41, 5.74) is -0.829. The van der Waals surface area contributed by atoms with Crippen LogP contribution in [0.5, 0.6) is 0 Å². The number of carbonyl (C=O) groups is 2. The van der Waals surface area contributed by atoms with Crippen LogP contribution in [0, 0.1) is 21.4 Å². The highest BCUT2D eigenvalue weighted by Gasteiger charge is 2.22. The van der Waals surface area contributed by atoms with E-state index in [1.807, 2.05) is 0 Å². The molecule has 6 nitrogen and oxygen atoms in total. The first-order chi connectivity index (χ1) is 8.04. The second-order valence-corrected chi connectivity index (χ2v) is 3.56. The van der Waals surface area contributed by atoms with E-state index in [2.05, 4.69) is 15.9 Å². The molecule has 0 aliphatic rings. The van der Waals surface area contributed by atoms with Crippen LogP contribution in [0.25, 0.3) is 0 Å². The molecule has 0 saturated heterocycles. The largest absolute Gasteiger partial charge is 0.298 e. The summed E-state index contributed by atoms with van der Waals surface area (Å²) in [5, 5.41) is 19.4. The Balaban J connectivity index is 3.58. The predicted molar refractivity (Wildman–Crippen MR) is 61.3 cm³/mol. The maximum atomic E-state index is 11.5. The molecule has 0 N–H and O–H groups in total. The van der Waals surface area contributed by atoms with Gasteiger partial charge in [-0.25, -0.2) is 0 Å². The molecule has 0 fully saturated rings. The summed E-state index contributed by atoms with van der Waals surface area (Å²) < 4.78 is 0. The lowest BCUT2D eigenvalue weighted by atomic mass is 10.0. The number of nitro groups is 1. The number of alkyl halides is 1. The van der Waals surface area contributed by atoms with E-state index in [0.717, 1.165) is 12.1 Å². The van der Waals surface area contributed by atoms with Gasteiger partial charge in [0.05, 0.1) is 27.4 Å². The van der Waals surface area contributed by atoms with E-state index in [4.69, 9.17) is 5.26 Å². The molecule has 7 heteroatoms. The molecule has 1 aromatic carbocycles. The summed E-state index contributed by atoms with van der Waals surface area (Å²) in [6, 6.07) is 3.70. The molecule has 0 heterocycles. The van der Waals surface area contributed by atoms with Crippen LogP contribution in [0.1, 0.15) is 26.3 Å². The second kappa shape index (κ2) is 5.32. The fourth-order valence-corrected chi connectivity index (χ4v) is 1.55. The minimum Gasteiger partial charge on any atom is -0.298 e. The minimum absolute atomic E-state index is 0.0603. The van der Waals surface area contributed by atoms with Crippen molar-refractivity contribution in [3.63, 3.8) is 0 Å². The zero-order valence-electron chi connectivity index (χ0n) is 8.34. The molecule has 17 heavy (non-hydrogen) atoms. The average Bonchev–Trinajstić information content (AvgIpc) is 2.35. The zero-order valence-corrected chi connectivity index (χ0v) is 9.93. The number of rotatable bonds is 4. The van der Waals surface area contributed by atoms with Crippen molar-refractivity contribution >= 4 is 33.7 Å². The van der Waals surface area contributed by atoms with E-state index in [9.17, 15) is 19.7 Å². The van der Waals surface area contributed by atoms with Gasteiger partial charge in [0.25, 0.3) is 5.69 Å². The van der Waals surface area contributed by atoms with E-state index in [0.29, 0.717) is 6.29 Å². The molecule has 0 spiro atoms. The van der Waals surface area contributed by atoms with Gasteiger partial charge >= 0.3 is 0 Å². The first-order valence-corrected chi connectivity index (χ1v) is 5.44. The second-order valence-electron chi connectivity index (χ2n) is 3.00. The third-order valence-electron chi connectivity index (χ3n) is 2.03. The highest BCUT2D eigenvalue weighted by molar-refractivity contribution is 9.09. The Kier molecular flexibility index (Phi) is 4.06. The summed E-state index contributed by atoms with van der Waals surface area (Å²) in [6.45, 7) is 0. The van der Waals surface area contributed by atoms with Crippen LogP contribution in [0.3, 0.4) is 0 Å². The molecule has 0 amide bonds. The molecule has 0 aliphatic heterocycles. The molecule has 1 rings (SSSR count). The summed E-state index contributed by atoms with van der Waals surface area (Å²) in [5.74, 6) is -0.523. The average molecular weight is 297 g/mol. The summed E-state index contributed by atoms with van der Waals surface area (Å²) in [4.78, 5) is 32.1. The Morgan fingerprint density at radius 1 is 1.59 bits per heavy atom. The van der Waals surface area contributed by atoms with Gasteiger partial charge in [-0.1, -0.05) is 15.9 Å². The van der Waals surface area contributed by atoms with E-state index in [1.54, 1.807) is 6.07 Å². The number of carbonyl (C=O) groups excluding carboxylic acids is 2. The quantitative estimate of drug-likeness (QED) is 0.277. The first kappa shape index (κ1) is 13.0. The fraction of sp³-hybridized carbons (Fsp3) is 0.100. The van der Waals surface area contributed by atoms with Crippen molar-refractivity contribution < 1.29 is 14.5 Å². The Hall–Kier alpha value is -2.07. The number of benzene rings is 1. The lowest BCUT2D eigenvalue weighted by Gasteiger charge is -2.02. The highest BCUT2D eigenvalue weighted by Crippen LogP contribution is 2.23. The number of nitro benzene ring substituents is 1. The molecule has 1 aromatic rings. The Morgan fingerprint density at radius 3 is 2.65 bits per heavy atom. The van der Waals surface area contributed by atoms with Crippen LogP contribution >= 0.6 is 15.9 Å². The first-order valence-electron chi connectivity index (χ1n) is 4.32. The molecule has 0 aromatic heterocycles. The van der Waals surface area contributed by atoms with Crippen molar-refractivity contribution in [1.82, 2.24) is 0 Å². The molecule has 0 unspecified atom stereocenters. The van der Waals surface area contributed by atoms with Crippen LogP contribution in [0.4, 0.5) is 5.69 Å². The Morgan fingerprint density at radius 2 is 2.24 bits per heavy atom. The predicted octanol–water partition coefficient (Wildman–Crippen LogP) is 1.86. The lowest BCUT2D eigenvalue weighted by Crippen LogP contribution is -2.07. The van der Waals surface area contributed by atoms with Gasteiger partial charge in [0.15, 0.2) is 12.1 Å². The Bertz CT molecular complexity index is 548. The van der Waals surface area contributed by atoms with Gasteiger partial charge in [-0.3, -0.25) is 19.7 Å². The number of aldehydes is 1. The van der Waals surface area contributed by atoms with Crippen molar-refractivity contribution in [2.75, 3.05) is 5.33 Å². The SMILES string of the molecule is N#Cc1cc(C(=O)CBr)c([N+](=O)[O-])cc1C=O. The van der Waals surface area contributed by atoms with Gasteiger partial charge in [-0.05, 0) is 6.07 Å². The summed E-state index contributed by atoms with van der Waals surface area (Å²) in [7, 11) is 0. The minimum atomic E-state index is -0.760. The van der Waals surface area contributed by atoms with E-state index in [-0.39, 0.29) is 22.0 Å². The third kappa shape index (κ3) is 2.54. The van der Waals surface area contributed by atoms with Gasteiger partial charge in [-0.2, -0.15) is 5.26 Å². The van der Waals surface area contributed by atoms with Crippen molar-refractivity contribution in [1.29, 1.82) is 5.26 Å². The number of halogens is 1. The van der Waals surface area contributed by atoms with Crippen LogP contribution in [-0.2, 0) is 0 Å². The monoisotopic (exact) mass is 296 g/mol. The molecule has 0 atom stereocenters. The van der Waals surface area contributed by atoms with Gasteiger partial charge in [-0.15, -0.1) is 0 Å². The standard InChI is InChI=1S/C10H5BrN2O4/c11-3-10(15)8-1-6(4-12)7(5-14)2-9(8)13(16)17/h1-2,5H,3H2. The van der Waals surface area contributed by atoms with Crippen molar-refractivity contribution in [3.05, 3.63) is 38.9 Å². The normalized spacial score (nSPS) is 9.41. The van der Waals surface area contributed by atoms with E-state index in [1.165, 1.54) is 0 Å². The van der Waals surface area contributed by atoms with Crippen LogP contribution in [-0.4, -0.2) is 22.3 Å². The van der Waals surface area contributed by atoms with Gasteiger partial charge < -0.3 is 0 Å². The Labute approximate surface area is 104 Å². The highest BCUT2D eigenvalue weighted by atomic mass is 79.9. The van der Waals surface area contributed by atoms with Crippen LogP contribution in [0.15, 0.2) is 12.1 Å². The van der Waals surface area contributed by atoms with Gasteiger partial charge in [0, 0.05) is 11.6 Å².